The lowest BCUT2D eigenvalue weighted by atomic mass is 9.94. The first-order chi connectivity index (χ1) is 11.1. The molecule has 0 spiro atoms. The number of hydrogen-bond donors (Lipinski definition) is 3. The summed E-state index contributed by atoms with van der Waals surface area (Å²) >= 11 is 0. The van der Waals surface area contributed by atoms with Crippen LogP contribution in [-0.4, -0.2) is 28.9 Å². The van der Waals surface area contributed by atoms with Crippen molar-refractivity contribution in [2.24, 2.45) is 5.92 Å². The van der Waals surface area contributed by atoms with E-state index in [9.17, 15) is 4.79 Å². The third-order valence-electron chi connectivity index (χ3n) is 4.27. The summed E-state index contributed by atoms with van der Waals surface area (Å²) in [5, 5.41) is 9.36. The number of carbonyl (C=O) groups excluding carboxylic acids is 1. The molecule has 0 aliphatic carbocycles. The second kappa shape index (κ2) is 5.33. The van der Waals surface area contributed by atoms with E-state index >= 15 is 0 Å². The first kappa shape index (κ1) is 14.2. The lowest BCUT2D eigenvalue weighted by Gasteiger charge is -2.34. The predicted octanol–water partition coefficient (Wildman–Crippen LogP) is 1.38. The molecule has 0 saturated carbocycles. The van der Waals surface area contributed by atoms with Gasteiger partial charge in [0.15, 0.2) is 6.29 Å². The molecular formula is C17H19N5O. The van der Waals surface area contributed by atoms with Crippen molar-refractivity contribution in [2.75, 3.05) is 6.67 Å². The Kier molecular flexibility index (Phi) is 3.28. The summed E-state index contributed by atoms with van der Waals surface area (Å²) in [7, 11) is 0. The standard InChI is InChI=1S/C17H19N5O/c1-10(2)14-15(21-17-19-9-20-22(17)16(14)23)12-5-6-13-11(8-12)4-3-7-18-13/h3-8,10,17,19-21H,9H2,1-2H3. The van der Waals surface area contributed by atoms with E-state index in [-0.39, 0.29) is 18.1 Å². The molecule has 2 aromatic rings. The van der Waals surface area contributed by atoms with Crippen molar-refractivity contribution in [3.05, 3.63) is 47.7 Å². The molecule has 1 saturated heterocycles. The van der Waals surface area contributed by atoms with Gasteiger partial charge in [-0.3, -0.25) is 15.1 Å². The number of pyridine rings is 1. The molecule has 1 fully saturated rings. The lowest BCUT2D eigenvalue weighted by molar-refractivity contribution is -0.132. The fourth-order valence-corrected chi connectivity index (χ4v) is 3.17. The van der Waals surface area contributed by atoms with Crippen LogP contribution in [0.15, 0.2) is 42.1 Å². The molecule has 1 aromatic heterocycles. The van der Waals surface area contributed by atoms with E-state index in [0.717, 1.165) is 27.7 Å². The van der Waals surface area contributed by atoms with Gasteiger partial charge in [-0.15, -0.1) is 0 Å². The normalized spacial score (nSPS) is 21.1. The van der Waals surface area contributed by atoms with Gasteiger partial charge in [0.25, 0.3) is 5.91 Å². The highest BCUT2D eigenvalue weighted by Crippen LogP contribution is 2.29. The van der Waals surface area contributed by atoms with E-state index in [0.29, 0.717) is 6.67 Å². The second-order valence-corrected chi connectivity index (χ2v) is 6.12. The minimum atomic E-state index is -0.218. The minimum absolute atomic E-state index is 0.0232. The van der Waals surface area contributed by atoms with Crippen LogP contribution in [0.25, 0.3) is 16.6 Å². The fraction of sp³-hybridized carbons (Fsp3) is 0.294. The highest BCUT2D eigenvalue weighted by Gasteiger charge is 2.38. The number of hydrogen-bond acceptors (Lipinski definition) is 5. The van der Waals surface area contributed by atoms with Gasteiger partial charge in [-0.25, -0.2) is 10.4 Å². The Morgan fingerprint density at radius 1 is 1.30 bits per heavy atom. The van der Waals surface area contributed by atoms with Crippen LogP contribution in [0.2, 0.25) is 0 Å². The van der Waals surface area contributed by atoms with Gasteiger partial charge in [0.2, 0.25) is 0 Å². The smallest absolute Gasteiger partial charge is 0.269 e. The quantitative estimate of drug-likeness (QED) is 0.782. The predicted molar refractivity (Wildman–Crippen MR) is 88.4 cm³/mol. The van der Waals surface area contributed by atoms with Crippen LogP contribution in [0.4, 0.5) is 0 Å². The molecule has 4 rings (SSSR count). The van der Waals surface area contributed by atoms with Crippen LogP contribution in [0, 0.1) is 5.92 Å². The van der Waals surface area contributed by atoms with Gasteiger partial charge >= 0.3 is 0 Å². The number of aromatic nitrogens is 1. The van der Waals surface area contributed by atoms with Crippen LogP contribution in [0.5, 0.6) is 0 Å². The zero-order valence-corrected chi connectivity index (χ0v) is 13.1. The zero-order chi connectivity index (χ0) is 16.0. The fourth-order valence-electron chi connectivity index (χ4n) is 3.17. The van der Waals surface area contributed by atoms with Gasteiger partial charge in [0.1, 0.15) is 0 Å². The molecule has 1 atom stereocenters. The molecule has 1 aromatic carbocycles. The average molecular weight is 309 g/mol. The third-order valence-corrected chi connectivity index (χ3v) is 4.27. The third kappa shape index (κ3) is 2.27. The van der Waals surface area contributed by atoms with Crippen LogP contribution in [0.1, 0.15) is 19.4 Å². The van der Waals surface area contributed by atoms with E-state index in [1.54, 1.807) is 11.2 Å². The maximum absolute atomic E-state index is 12.8. The van der Waals surface area contributed by atoms with E-state index in [1.807, 2.05) is 38.1 Å². The van der Waals surface area contributed by atoms with Crippen molar-refractivity contribution in [1.82, 2.24) is 26.1 Å². The van der Waals surface area contributed by atoms with Crippen LogP contribution in [-0.2, 0) is 4.79 Å². The summed E-state index contributed by atoms with van der Waals surface area (Å²) in [5.74, 6) is 0.146. The molecule has 6 heteroatoms. The van der Waals surface area contributed by atoms with Gasteiger partial charge in [0, 0.05) is 17.2 Å². The van der Waals surface area contributed by atoms with Crippen molar-refractivity contribution >= 4 is 22.5 Å². The Balaban J connectivity index is 1.86. The number of hydrazine groups is 1. The Hall–Kier alpha value is -2.44. The first-order valence-electron chi connectivity index (χ1n) is 7.81. The summed E-state index contributed by atoms with van der Waals surface area (Å²) in [6, 6.07) is 10.1. The molecule has 2 aliphatic heterocycles. The lowest BCUT2D eigenvalue weighted by Crippen LogP contribution is -2.56. The maximum atomic E-state index is 12.8. The summed E-state index contributed by atoms with van der Waals surface area (Å²) in [5.41, 5.74) is 6.71. The Morgan fingerprint density at radius 2 is 2.17 bits per heavy atom. The van der Waals surface area contributed by atoms with E-state index in [4.69, 9.17) is 0 Å². The molecular weight excluding hydrogens is 290 g/mol. The summed E-state index contributed by atoms with van der Waals surface area (Å²) in [6.07, 6.45) is 1.57. The van der Waals surface area contributed by atoms with Gasteiger partial charge < -0.3 is 5.32 Å². The van der Waals surface area contributed by atoms with Crippen LogP contribution in [0.3, 0.4) is 0 Å². The Morgan fingerprint density at radius 3 is 3.00 bits per heavy atom. The van der Waals surface area contributed by atoms with Gasteiger partial charge in [0.05, 0.1) is 17.9 Å². The SMILES string of the molecule is CC(C)C1=C(c2ccc3ncccc3c2)NC2NCNN2C1=O. The minimum Gasteiger partial charge on any atom is -0.351 e. The molecule has 3 heterocycles. The summed E-state index contributed by atoms with van der Waals surface area (Å²) < 4.78 is 0. The number of amides is 1. The Labute approximate surface area is 134 Å². The topological polar surface area (TPSA) is 69.3 Å². The number of carbonyl (C=O) groups is 1. The monoisotopic (exact) mass is 309 g/mol. The maximum Gasteiger partial charge on any atom is 0.269 e. The summed E-state index contributed by atoms with van der Waals surface area (Å²) in [6.45, 7) is 4.66. The molecule has 23 heavy (non-hydrogen) atoms. The molecule has 1 unspecified atom stereocenters. The largest absolute Gasteiger partial charge is 0.351 e. The van der Waals surface area contributed by atoms with Gasteiger partial charge in [-0.2, -0.15) is 0 Å². The van der Waals surface area contributed by atoms with Crippen molar-refractivity contribution < 1.29 is 4.79 Å². The molecule has 118 valence electrons. The molecule has 0 bridgehead atoms. The average Bonchev–Trinajstić information content (AvgIpc) is 3.03. The van der Waals surface area contributed by atoms with Crippen molar-refractivity contribution in [3.63, 3.8) is 0 Å². The molecule has 1 amide bonds. The molecule has 3 N–H and O–H groups in total. The number of fused-ring (bicyclic) bond motifs is 2. The highest BCUT2D eigenvalue weighted by atomic mass is 16.2. The molecule has 2 aliphatic rings. The van der Waals surface area contributed by atoms with Gasteiger partial charge in [-0.05, 0) is 29.7 Å². The van der Waals surface area contributed by atoms with Crippen molar-refractivity contribution in [3.8, 4) is 0 Å². The molecule has 6 nitrogen and oxygen atoms in total. The van der Waals surface area contributed by atoms with Crippen LogP contribution < -0.4 is 16.1 Å². The van der Waals surface area contributed by atoms with E-state index < -0.39 is 0 Å². The van der Waals surface area contributed by atoms with Crippen molar-refractivity contribution in [1.29, 1.82) is 0 Å². The zero-order valence-electron chi connectivity index (χ0n) is 13.1. The van der Waals surface area contributed by atoms with E-state index in [2.05, 4.69) is 27.1 Å². The second-order valence-electron chi connectivity index (χ2n) is 6.12. The Bertz CT molecular complexity index is 813. The first-order valence-corrected chi connectivity index (χ1v) is 7.81. The number of rotatable bonds is 2. The van der Waals surface area contributed by atoms with E-state index in [1.165, 1.54) is 0 Å². The summed E-state index contributed by atoms with van der Waals surface area (Å²) in [4.78, 5) is 17.2. The van der Waals surface area contributed by atoms with Gasteiger partial charge in [-0.1, -0.05) is 26.0 Å². The number of nitrogens with one attached hydrogen (secondary N) is 3. The number of nitrogens with zero attached hydrogens (tertiary/aromatic N) is 2. The molecule has 0 radical (unpaired) electrons. The highest BCUT2D eigenvalue weighted by molar-refractivity contribution is 6.03. The number of benzene rings is 1. The van der Waals surface area contributed by atoms with Crippen LogP contribution >= 0.6 is 0 Å². The van der Waals surface area contributed by atoms with Crippen molar-refractivity contribution in [2.45, 2.75) is 20.1 Å².